The molecule has 0 aliphatic carbocycles. The third-order valence-electron chi connectivity index (χ3n) is 3.24. The molecule has 88 valence electrons. The van der Waals surface area contributed by atoms with Crippen LogP contribution in [0.3, 0.4) is 0 Å². The molecule has 0 unspecified atom stereocenters. The van der Waals surface area contributed by atoms with Gasteiger partial charge in [-0.2, -0.15) is 0 Å². The molecule has 1 aromatic carbocycles. The molecule has 1 aliphatic heterocycles. The van der Waals surface area contributed by atoms with E-state index in [4.69, 9.17) is 0 Å². The van der Waals surface area contributed by atoms with Crippen molar-refractivity contribution in [2.75, 3.05) is 13.1 Å². The fourth-order valence-electron chi connectivity index (χ4n) is 2.25. The van der Waals surface area contributed by atoms with Gasteiger partial charge >= 0.3 is 0 Å². The van der Waals surface area contributed by atoms with Crippen molar-refractivity contribution in [1.29, 1.82) is 0 Å². The number of rotatable bonds is 3. The fourth-order valence-corrected chi connectivity index (χ4v) is 2.78. The lowest BCUT2D eigenvalue weighted by molar-refractivity contribution is 0.372. The minimum atomic E-state index is -0.395. The molecule has 0 aromatic heterocycles. The van der Waals surface area contributed by atoms with Gasteiger partial charge in [0.25, 0.3) is 0 Å². The lowest BCUT2D eigenvalue weighted by Crippen LogP contribution is -2.28. The zero-order valence-electron chi connectivity index (χ0n) is 9.31. The number of nitrogens with one attached hydrogen (secondary N) is 1. The maximum absolute atomic E-state index is 12.5. The Bertz CT molecular complexity index is 348. The van der Waals surface area contributed by atoms with Crippen molar-refractivity contribution in [3.8, 4) is 0 Å². The number of alkyl halides is 1. The average molecular weight is 286 g/mol. The molecule has 3 heteroatoms. The van der Waals surface area contributed by atoms with Crippen LogP contribution in [0.4, 0.5) is 4.39 Å². The zero-order chi connectivity index (χ0) is 11.4. The van der Waals surface area contributed by atoms with Crippen molar-refractivity contribution in [3.05, 3.63) is 33.8 Å². The van der Waals surface area contributed by atoms with Gasteiger partial charge in [-0.05, 0) is 55.5 Å². The van der Waals surface area contributed by atoms with E-state index in [1.807, 2.05) is 6.07 Å². The second kappa shape index (κ2) is 5.78. The third kappa shape index (κ3) is 3.05. The van der Waals surface area contributed by atoms with Gasteiger partial charge in [-0.25, -0.2) is 4.39 Å². The van der Waals surface area contributed by atoms with Crippen molar-refractivity contribution >= 4 is 15.9 Å². The molecule has 0 saturated carbocycles. The Morgan fingerprint density at radius 2 is 2.06 bits per heavy atom. The molecule has 1 nitrogen and oxygen atoms in total. The second-order valence-electron chi connectivity index (χ2n) is 4.46. The average Bonchev–Trinajstić information content (AvgIpc) is 2.31. The first kappa shape index (κ1) is 12.1. The van der Waals surface area contributed by atoms with Gasteiger partial charge in [0, 0.05) is 4.47 Å². The van der Waals surface area contributed by atoms with Crippen LogP contribution in [-0.4, -0.2) is 13.1 Å². The molecule has 1 aliphatic rings. The lowest BCUT2D eigenvalue weighted by atomic mass is 9.91. The molecule has 1 N–H and O–H groups in total. The number of halogens is 2. The van der Waals surface area contributed by atoms with Crippen LogP contribution in [0.15, 0.2) is 22.7 Å². The van der Waals surface area contributed by atoms with Crippen LogP contribution in [0.25, 0.3) is 0 Å². The van der Waals surface area contributed by atoms with Gasteiger partial charge in [0.1, 0.15) is 6.67 Å². The van der Waals surface area contributed by atoms with Gasteiger partial charge in [0.15, 0.2) is 0 Å². The Morgan fingerprint density at radius 3 is 2.69 bits per heavy atom. The highest BCUT2D eigenvalue weighted by Crippen LogP contribution is 2.23. The standard InChI is InChI=1S/C13H17BrFN/c14-13-8-11(1-2-12(13)9-15)7-10-3-5-16-6-4-10/h1-2,8,10,16H,3-7,9H2. The van der Waals surface area contributed by atoms with E-state index < -0.39 is 6.67 Å². The van der Waals surface area contributed by atoms with Crippen LogP contribution in [0.5, 0.6) is 0 Å². The highest BCUT2D eigenvalue weighted by Gasteiger charge is 2.13. The predicted molar refractivity (Wildman–Crippen MR) is 68.3 cm³/mol. The summed E-state index contributed by atoms with van der Waals surface area (Å²) in [7, 11) is 0. The highest BCUT2D eigenvalue weighted by atomic mass is 79.9. The summed E-state index contributed by atoms with van der Waals surface area (Å²) in [6.07, 6.45) is 3.62. The van der Waals surface area contributed by atoms with Crippen molar-refractivity contribution in [2.24, 2.45) is 5.92 Å². The Morgan fingerprint density at radius 1 is 1.31 bits per heavy atom. The fraction of sp³-hybridized carbons (Fsp3) is 0.538. The van der Waals surface area contributed by atoms with Crippen LogP contribution in [0, 0.1) is 5.92 Å². The summed E-state index contributed by atoms with van der Waals surface area (Å²) in [6, 6.07) is 6.01. The first-order valence-electron chi connectivity index (χ1n) is 5.83. The Labute approximate surface area is 105 Å². The number of hydrogen-bond donors (Lipinski definition) is 1. The molecule has 0 radical (unpaired) electrons. The van der Waals surface area contributed by atoms with E-state index in [1.54, 1.807) is 0 Å². The smallest absolute Gasteiger partial charge is 0.116 e. The summed E-state index contributed by atoms with van der Waals surface area (Å²) >= 11 is 3.42. The summed E-state index contributed by atoms with van der Waals surface area (Å²) < 4.78 is 13.4. The molecule has 0 amide bonds. The van der Waals surface area contributed by atoms with Crippen molar-refractivity contribution < 1.29 is 4.39 Å². The largest absolute Gasteiger partial charge is 0.317 e. The molecular formula is C13H17BrFN. The van der Waals surface area contributed by atoms with Gasteiger partial charge in [-0.1, -0.05) is 28.1 Å². The molecule has 0 bridgehead atoms. The maximum Gasteiger partial charge on any atom is 0.116 e. The van der Waals surface area contributed by atoms with Crippen LogP contribution in [0.2, 0.25) is 0 Å². The summed E-state index contributed by atoms with van der Waals surface area (Å²) in [5.74, 6) is 0.782. The van der Waals surface area contributed by atoms with Crippen LogP contribution in [0.1, 0.15) is 24.0 Å². The summed E-state index contributed by atoms with van der Waals surface area (Å²) in [6.45, 7) is 1.87. The number of hydrogen-bond acceptors (Lipinski definition) is 1. The summed E-state index contributed by atoms with van der Waals surface area (Å²) in [4.78, 5) is 0. The first-order chi connectivity index (χ1) is 7.79. The van der Waals surface area contributed by atoms with Crippen LogP contribution >= 0.6 is 15.9 Å². The predicted octanol–water partition coefficient (Wildman–Crippen LogP) is 3.46. The van der Waals surface area contributed by atoms with E-state index in [0.29, 0.717) is 0 Å². The molecule has 1 aromatic rings. The molecule has 0 atom stereocenters. The molecule has 16 heavy (non-hydrogen) atoms. The summed E-state index contributed by atoms with van der Waals surface area (Å²) in [5.41, 5.74) is 2.06. The SMILES string of the molecule is FCc1ccc(CC2CCNCC2)cc1Br. The van der Waals surface area contributed by atoms with Gasteiger partial charge in [-0.15, -0.1) is 0 Å². The molecule has 2 rings (SSSR count). The lowest BCUT2D eigenvalue weighted by Gasteiger charge is -2.22. The zero-order valence-corrected chi connectivity index (χ0v) is 10.9. The Hall–Kier alpha value is -0.410. The highest BCUT2D eigenvalue weighted by molar-refractivity contribution is 9.10. The third-order valence-corrected chi connectivity index (χ3v) is 3.98. The summed E-state index contributed by atoms with van der Waals surface area (Å²) in [5, 5.41) is 3.37. The van der Waals surface area contributed by atoms with Crippen molar-refractivity contribution in [2.45, 2.75) is 25.9 Å². The maximum atomic E-state index is 12.5. The Kier molecular flexibility index (Phi) is 4.36. The van der Waals surface area contributed by atoms with E-state index >= 15 is 0 Å². The van der Waals surface area contributed by atoms with Gasteiger partial charge in [-0.3, -0.25) is 0 Å². The monoisotopic (exact) mass is 285 g/mol. The van der Waals surface area contributed by atoms with E-state index in [-0.39, 0.29) is 0 Å². The van der Waals surface area contributed by atoms with Gasteiger partial charge in [0.05, 0.1) is 0 Å². The van der Waals surface area contributed by atoms with Crippen molar-refractivity contribution in [3.63, 3.8) is 0 Å². The van der Waals surface area contributed by atoms with Crippen molar-refractivity contribution in [1.82, 2.24) is 5.32 Å². The van der Waals surface area contributed by atoms with Crippen LogP contribution < -0.4 is 5.32 Å². The minimum Gasteiger partial charge on any atom is -0.317 e. The van der Waals surface area contributed by atoms with Gasteiger partial charge in [0.2, 0.25) is 0 Å². The van der Waals surface area contributed by atoms with E-state index in [1.165, 1.54) is 18.4 Å². The topological polar surface area (TPSA) is 12.0 Å². The molecule has 1 heterocycles. The number of benzene rings is 1. The first-order valence-corrected chi connectivity index (χ1v) is 6.63. The van der Waals surface area contributed by atoms with Crippen LogP contribution in [-0.2, 0) is 13.1 Å². The second-order valence-corrected chi connectivity index (χ2v) is 5.31. The van der Waals surface area contributed by atoms with E-state index in [9.17, 15) is 4.39 Å². The molecule has 1 saturated heterocycles. The number of piperidine rings is 1. The van der Waals surface area contributed by atoms with E-state index in [0.717, 1.165) is 35.5 Å². The molecular weight excluding hydrogens is 269 g/mol. The molecule has 0 spiro atoms. The Balaban J connectivity index is 2.01. The molecule has 1 fully saturated rings. The minimum absolute atomic E-state index is 0.395. The van der Waals surface area contributed by atoms with E-state index in [2.05, 4.69) is 33.4 Å². The quantitative estimate of drug-likeness (QED) is 0.897. The van der Waals surface area contributed by atoms with Gasteiger partial charge < -0.3 is 5.32 Å². The normalized spacial score (nSPS) is 17.6.